The molecule has 1 fully saturated rings. The van der Waals surface area contributed by atoms with Crippen molar-refractivity contribution in [3.8, 4) is 0 Å². The zero-order valence-corrected chi connectivity index (χ0v) is 9.90. The van der Waals surface area contributed by atoms with Gasteiger partial charge in [0.15, 0.2) is 0 Å². The lowest BCUT2D eigenvalue weighted by molar-refractivity contribution is -0.157. The second-order valence-corrected chi connectivity index (χ2v) is 3.56. The van der Waals surface area contributed by atoms with Gasteiger partial charge >= 0.3 is 23.2 Å². The van der Waals surface area contributed by atoms with E-state index in [0.29, 0.717) is 4.90 Å². The van der Waals surface area contributed by atoms with Gasteiger partial charge in [0.05, 0.1) is 6.61 Å². The first kappa shape index (κ1) is 13.4. The van der Waals surface area contributed by atoms with Crippen molar-refractivity contribution >= 4 is 34.8 Å². The number of nitrogens with zero attached hydrogens (tertiary/aromatic N) is 2. The second kappa shape index (κ2) is 5.62. The van der Waals surface area contributed by atoms with Crippen molar-refractivity contribution in [1.82, 2.24) is 9.80 Å². The topological polar surface area (TPSA) is 84.0 Å². The van der Waals surface area contributed by atoms with Crippen molar-refractivity contribution in [3.05, 3.63) is 0 Å². The fraction of sp³-hybridized carbons (Fsp3) is 0.556. The number of hydrogen-bond donors (Lipinski definition) is 0. The van der Waals surface area contributed by atoms with Gasteiger partial charge in [0.1, 0.15) is 6.54 Å². The molecular formula is C9H11ClN2O5. The standard InChI is InChI=1S/C9H11ClN2O5/c1-2-17-6(13)5-11-3-4-12(9(10)16)8(15)7(11)14/h2-5H2,1H3. The van der Waals surface area contributed by atoms with Crippen molar-refractivity contribution in [3.63, 3.8) is 0 Å². The quantitative estimate of drug-likeness (QED) is 0.298. The summed E-state index contributed by atoms with van der Waals surface area (Å²) < 4.78 is 4.65. The number of carbonyl (C=O) groups is 4. The van der Waals surface area contributed by atoms with Crippen LogP contribution >= 0.6 is 11.6 Å². The van der Waals surface area contributed by atoms with Gasteiger partial charge in [-0.25, -0.2) is 0 Å². The Morgan fingerprint density at radius 1 is 1.29 bits per heavy atom. The van der Waals surface area contributed by atoms with E-state index in [1.807, 2.05) is 0 Å². The van der Waals surface area contributed by atoms with E-state index in [1.165, 1.54) is 0 Å². The van der Waals surface area contributed by atoms with Crippen molar-refractivity contribution < 1.29 is 23.9 Å². The largest absolute Gasteiger partial charge is 0.465 e. The van der Waals surface area contributed by atoms with Crippen LogP contribution in [0.3, 0.4) is 0 Å². The maximum Gasteiger partial charge on any atom is 0.325 e. The van der Waals surface area contributed by atoms with E-state index in [4.69, 9.17) is 11.6 Å². The lowest BCUT2D eigenvalue weighted by atomic mass is 10.3. The monoisotopic (exact) mass is 262 g/mol. The molecule has 1 aliphatic rings. The van der Waals surface area contributed by atoms with Gasteiger partial charge in [-0.2, -0.15) is 0 Å². The summed E-state index contributed by atoms with van der Waals surface area (Å²) in [7, 11) is 0. The Kier molecular flexibility index (Phi) is 4.45. The summed E-state index contributed by atoms with van der Waals surface area (Å²) in [6.45, 7) is 1.58. The van der Waals surface area contributed by atoms with Crippen LogP contribution in [0.2, 0.25) is 0 Å². The highest BCUT2D eigenvalue weighted by Crippen LogP contribution is 2.08. The number of halogens is 1. The molecule has 94 valence electrons. The Morgan fingerprint density at radius 2 is 1.94 bits per heavy atom. The first-order chi connectivity index (χ1) is 7.97. The summed E-state index contributed by atoms with van der Waals surface area (Å²) >= 11 is 5.12. The van der Waals surface area contributed by atoms with E-state index < -0.39 is 23.2 Å². The summed E-state index contributed by atoms with van der Waals surface area (Å²) in [5.41, 5.74) is 0. The molecule has 1 saturated heterocycles. The van der Waals surface area contributed by atoms with Gasteiger partial charge in [-0.1, -0.05) is 0 Å². The predicted molar refractivity (Wildman–Crippen MR) is 56.2 cm³/mol. The van der Waals surface area contributed by atoms with E-state index >= 15 is 0 Å². The van der Waals surface area contributed by atoms with Gasteiger partial charge in [-0.15, -0.1) is 0 Å². The van der Waals surface area contributed by atoms with Gasteiger partial charge in [-0.3, -0.25) is 24.1 Å². The Hall–Kier alpha value is -1.63. The van der Waals surface area contributed by atoms with Gasteiger partial charge in [-0.05, 0) is 18.5 Å². The average Bonchev–Trinajstić information content (AvgIpc) is 2.25. The summed E-state index contributed by atoms with van der Waals surface area (Å²) in [5, 5.41) is -1.00. The highest BCUT2D eigenvalue weighted by atomic mass is 35.5. The van der Waals surface area contributed by atoms with Gasteiger partial charge in [0.25, 0.3) is 0 Å². The first-order valence-corrected chi connectivity index (χ1v) is 5.31. The van der Waals surface area contributed by atoms with Crippen LogP contribution in [-0.4, -0.2) is 59.2 Å². The van der Waals surface area contributed by atoms with Crippen LogP contribution in [0.5, 0.6) is 0 Å². The zero-order chi connectivity index (χ0) is 13.0. The van der Waals surface area contributed by atoms with Crippen molar-refractivity contribution in [1.29, 1.82) is 0 Å². The molecule has 0 aromatic carbocycles. The van der Waals surface area contributed by atoms with E-state index in [1.54, 1.807) is 6.92 Å². The van der Waals surface area contributed by atoms with E-state index in [0.717, 1.165) is 4.90 Å². The van der Waals surface area contributed by atoms with Crippen LogP contribution < -0.4 is 0 Å². The lowest BCUT2D eigenvalue weighted by Gasteiger charge is -2.30. The van der Waals surface area contributed by atoms with E-state index in [9.17, 15) is 19.2 Å². The number of carbonyl (C=O) groups excluding carboxylic acids is 4. The zero-order valence-electron chi connectivity index (χ0n) is 9.14. The number of ether oxygens (including phenoxy) is 1. The normalized spacial score (nSPS) is 16.1. The van der Waals surface area contributed by atoms with Gasteiger partial charge in [0.2, 0.25) is 0 Å². The summed E-state index contributed by atoms with van der Waals surface area (Å²) in [6.07, 6.45) is 0. The number of esters is 1. The minimum atomic E-state index is -1.03. The maximum atomic E-state index is 11.5. The predicted octanol–water partition coefficient (Wildman–Crippen LogP) is -0.421. The molecule has 0 unspecified atom stereocenters. The van der Waals surface area contributed by atoms with Crippen LogP contribution in [-0.2, 0) is 19.1 Å². The molecule has 0 aromatic heterocycles. The number of imide groups is 1. The molecule has 1 aliphatic heterocycles. The molecule has 0 spiro atoms. The van der Waals surface area contributed by atoms with Crippen molar-refractivity contribution in [2.45, 2.75) is 6.92 Å². The molecular weight excluding hydrogens is 252 g/mol. The van der Waals surface area contributed by atoms with Crippen molar-refractivity contribution in [2.24, 2.45) is 0 Å². The first-order valence-electron chi connectivity index (χ1n) is 4.93. The molecule has 0 aromatic rings. The Morgan fingerprint density at radius 3 is 2.47 bits per heavy atom. The molecule has 0 bridgehead atoms. The van der Waals surface area contributed by atoms with Crippen LogP contribution in [0.4, 0.5) is 4.79 Å². The molecule has 1 heterocycles. The van der Waals surface area contributed by atoms with Crippen LogP contribution in [0, 0.1) is 0 Å². The van der Waals surface area contributed by atoms with Gasteiger partial charge < -0.3 is 9.64 Å². The number of amides is 3. The minimum Gasteiger partial charge on any atom is -0.465 e. The Balaban J connectivity index is 2.63. The molecule has 1 rings (SSSR count). The van der Waals surface area contributed by atoms with E-state index in [-0.39, 0.29) is 26.2 Å². The minimum absolute atomic E-state index is 0.0215. The van der Waals surface area contributed by atoms with Crippen LogP contribution in [0.15, 0.2) is 0 Å². The van der Waals surface area contributed by atoms with E-state index in [2.05, 4.69) is 4.74 Å². The molecule has 8 heteroatoms. The fourth-order valence-electron chi connectivity index (χ4n) is 1.36. The average molecular weight is 263 g/mol. The third kappa shape index (κ3) is 3.16. The van der Waals surface area contributed by atoms with Crippen LogP contribution in [0.25, 0.3) is 0 Å². The van der Waals surface area contributed by atoms with Crippen molar-refractivity contribution in [2.75, 3.05) is 26.2 Å². The summed E-state index contributed by atoms with van der Waals surface area (Å²) in [6, 6.07) is 0. The molecule has 7 nitrogen and oxygen atoms in total. The van der Waals surface area contributed by atoms with Gasteiger partial charge in [0, 0.05) is 13.1 Å². The lowest BCUT2D eigenvalue weighted by Crippen LogP contribution is -2.56. The Labute approximate surface area is 102 Å². The smallest absolute Gasteiger partial charge is 0.325 e. The molecule has 0 N–H and O–H groups in total. The SMILES string of the molecule is CCOC(=O)CN1CCN(C(=O)Cl)C(=O)C1=O. The molecule has 0 aliphatic carbocycles. The number of piperazine rings is 1. The number of hydrogen-bond acceptors (Lipinski definition) is 5. The third-order valence-electron chi connectivity index (χ3n) is 2.15. The Bertz CT molecular complexity index is 370. The highest BCUT2D eigenvalue weighted by molar-refractivity contribution is 6.65. The third-order valence-corrected chi connectivity index (χ3v) is 2.35. The summed E-state index contributed by atoms with van der Waals surface area (Å²) in [4.78, 5) is 46.5. The number of rotatable bonds is 3. The maximum absolute atomic E-state index is 11.5. The molecule has 0 saturated carbocycles. The fourth-order valence-corrected chi connectivity index (χ4v) is 1.52. The second-order valence-electron chi connectivity index (χ2n) is 3.24. The van der Waals surface area contributed by atoms with Crippen LogP contribution in [0.1, 0.15) is 6.92 Å². The molecule has 17 heavy (non-hydrogen) atoms. The molecule has 0 radical (unpaired) electrons. The highest BCUT2D eigenvalue weighted by Gasteiger charge is 2.36. The summed E-state index contributed by atoms with van der Waals surface area (Å²) in [5.74, 6) is -2.56. The molecule has 3 amide bonds. The molecule has 0 atom stereocenters.